The second-order valence-electron chi connectivity index (χ2n) is 5.27. The molecule has 0 aliphatic carbocycles. The molecule has 0 aromatic carbocycles. The number of aryl methyl sites for hydroxylation is 1. The normalized spacial score (nSPS) is 15.8. The lowest BCUT2D eigenvalue weighted by Crippen LogP contribution is -2.47. The maximum atomic E-state index is 12.1. The Morgan fingerprint density at radius 2 is 2.20 bits per heavy atom. The lowest BCUT2D eigenvalue weighted by molar-refractivity contribution is -0.132. The number of hydrogen-bond acceptors (Lipinski definition) is 4. The summed E-state index contributed by atoms with van der Waals surface area (Å²) in [5, 5.41) is 7.45. The smallest absolute Gasteiger partial charge is 0.223 e. The van der Waals surface area contributed by atoms with Gasteiger partial charge in [0.1, 0.15) is 0 Å². The molecule has 0 unspecified atom stereocenters. The molecule has 0 bridgehead atoms. The first-order chi connectivity index (χ1) is 9.69. The van der Waals surface area contributed by atoms with E-state index < -0.39 is 0 Å². The van der Waals surface area contributed by atoms with Crippen molar-refractivity contribution in [2.75, 3.05) is 39.3 Å². The number of aromatic nitrogens is 2. The highest BCUT2D eigenvalue weighted by molar-refractivity contribution is 5.76. The van der Waals surface area contributed by atoms with Crippen molar-refractivity contribution < 1.29 is 4.79 Å². The van der Waals surface area contributed by atoms with Gasteiger partial charge in [-0.2, -0.15) is 5.10 Å². The van der Waals surface area contributed by atoms with Gasteiger partial charge in [0.25, 0.3) is 0 Å². The summed E-state index contributed by atoms with van der Waals surface area (Å²) in [4.78, 5) is 16.4. The number of carbonyl (C=O) groups excluding carboxylic acids is 1. The van der Waals surface area contributed by atoms with E-state index in [1.165, 1.54) is 5.56 Å². The van der Waals surface area contributed by atoms with E-state index in [-0.39, 0.29) is 5.91 Å². The van der Waals surface area contributed by atoms with E-state index in [1.54, 1.807) is 0 Å². The van der Waals surface area contributed by atoms with Gasteiger partial charge in [0.15, 0.2) is 0 Å². The van der Waals surface area contributed by atoms with Gasteiger partial charge in [0.2, 0.25) is 5.91 Å². The van der Waals surface area contributed by atoms with Crippen LogP contribution in [0.1, 0.15) is 18.9 Å². The SMILES string of the molecule is CCN(CCC(=O)N1CCNCC1)Cc1cnn(C)c1. The Hall–Kier alpha value is -1.40. The molecule has 1 fully saturated rings. The lowest BCUT2D eigenvalue weighted by Gasteiger charge is -2.28. The second-order valence-corrected chi connectivity index (χ2v) is 5.27. The van der Waals surface area contributed by atoms with Gasteiger partial charge >= 0.3 is 0 Å². The van der Waals surface area contributed by atoms with Crippen LogP contribution in [-0.2, 0) is 18.4 Å². The maximum absolute atomic E-state index is 12.1. The van der Waals surface area contributed by atoms with Gasteiger partial charge in [0, 0.05) is 64.5 Å². The number of amides is 1. The zero-order valence-corrected chi connectivity index (χ0v) is 12.5. The number of carbonyl (C=O) groups is 1. The van der Waals surface area contributed by atoms with Crippen molar-refractivity contribution in [3.05, 3.63) is 18.0 Å². The molecule has 20 heavy (non-hydrogen) atoms. The lowest BCUT2D eigenvalue weighted by atomic mass is 10.2. The van der Waals surface area contributed by atoms with Gasteiger partial charge in [-0.25, -0.2) is 0 Å². The van der Waals surface area contributed by atoms with Gasteiger partial charge in [-0.05, 0) is 6.54 Å². The van der Waals surface area contributed by atoms with Crippen molar-refractivity contribution in [3.63, 3.8) is 0 Å². The molecule has 1 N–H and O–H groups in total. The summed E-state index contributed by atoms with van der Waals surface area (Å²) in [6.07, 6.45) is 4.52. The van der Waals surface area contributed by atoms with E-state index >= 15 is 0 Å². The molecule has 0 atom stereocenters. The summed E-state index contributed by atoms with van der Waals surface area (Å²) in [5.41, 5.74) is 1.20. The van der Waals surface area contributed by atoms with Crippen molar-refractivity contribution >= 4 is 5.91 Å². The zero-order chi connectivity index (χ0) is 14.4. The highest BCUT2D eigenvalue weighted by atomic mass is 16.2. The summed E-state index contributed by atoms with van der Waals surface area (Å²) in [6.45, 7) is 8.27. The third-order valence-corrected chi connectivity index (χ3v) is 3.72. The van der Waals surface area contributed by atoms with Crippen LogP contribution in [0.3, 0.4) is 0 Å². The minimum absolute atomic E-state index is 0.274. The predicted octanol–water partition coefficient (Wildman–Crippen LogP) is 0.0639. The summed E-state index contributed by atoms with van der Waals surface area (Å²) in [6, 6.07) is 0. The average Bonchev–Trinajstić information content (AvgIpc) is 2.89. The van der Waals surface area contributed by atoms with Gasteiger partial charge in [0.05, 0.1) is 6.20 Å². The number of nitrogens with one attached hydrogen (secondary N) is 1. The Bertz CT molecular complexity index is 425. The number of hydrogen-bond donors (Lipinski definition) is 1. The molecule has 6 heteroatoms. The quantitative estimate of drug-likeness (QED) is 0.800. The van der Waals surface area contributed by atoms with Crippen molar-refractivity contribution in [3.8, 4) is 0 Å². The van der Waals surface area contributed by atoms with Gasteiger partial charge in [-0.15, -0.1) is 0 Å². The Morgan fingerprint density at radius 1 is 1.45 bits per heavy atom. The Labute approximate surface area is 120 Å². The standard InChI is InChI=1S/C14H25N5O/c1-3-18(12-13-10-16-17(2)11-13)7-4-14(20)19-8-5-15-6-9-19/h10-11,15H,3-9,12H2,1-2H3. The molecule has 2 heterocycles. The summed E-state index contributed by atoms with van der Waals surface area (Å²) < 4.78 is 1.81. The fraction of sp³-hybridized carbons (Fsp3) is 0.714. The summed E-state index contributed by atoms with van der Waals surface area (Å²) in [7, 11) is 1.92. The molecule has 1 saturated heterocycles. The molecule has 6 nitrogen and oxygen atoms in total. The van der Waals surface area contributed by atoms with Gasteiger partial charge < -0.3 is 10.2 Å². The van der Waals surface area contributed by atoms with E-state index in [4.69, 9.17) is 0 Å². The minimum Gasteiger partial charge on any atom is -0.340 e. The van der Waals surface area contributed by atoms with Crippen LogP contribution in [0.2, 0.25) is 0 Å². The van der Waals surface area contributed by atoms with Crippen LogP contribution in [0.5, 0.6) is 0 Å². The van der Waals surface area contributed by atoms with Crippen LogP contribution in [-0.4, -0.2) is 64.8 Å². The van der Waals surface area contributed by atoms with Crippen LogP contribution < -0.4 is 5.32 Å². The number of nitrogens with zero attached hydrogens (tertiary/aromatic N) is 4. The van der Waals surface area contributed by atoms with Gasteiger partial charge in [-0.1, -0.05) is 6.92 Å². The molecule has 1 aromatic rings. The highest BCUT2D eigenvalue weighted by Crippen LogP contribution is 2.05. The molecule has 0 saturated carbocycles. The Morgan fingerprint density at radius 3 is 2.80 bits per heavy atom. The second kappa shape index (κ2) is 7.40. The average molecular weight is 279 g/mol. The molecule has 0 spiro atoms. The summed E-state index contributed by atoms with van der Waals surface area (Å²) >= 11 is 0. The van der Waals surface area contributed by atoms with Crippen LogP contribution in [0, 0.1) is 0 Å². The third kappa shape index (κ3) is 4.31. The molecule has 1 amide bonds. The van der Waals surface area contributed by atoms with Crippen LogP contribution in [0.15, 0.2) is 12.4 Å². The fourth-order valence-electron chi connectivity index (χ4n) is 2.49. The number of piperazine rings is 1. The topological polar surface area (TPSA) is 53.4 Å². The van der Waals surface area contributed by atoms with Crippen molar-refractivity contribution in [1.82, 2.24) is 24.9 Å². The first-order valence-electron chi connectivity index (χ1n) is 7.37. The number of rotatable bonds is 6. The molecule has 1 aromatic heterocycles. The molecule has 1 aliphatic heterocycles. The van der Waals surface area contributed by atoms with E-state index in [9.17, 15) is 4.79 Å². The van der Waals surface area contributed by atoms with E-state index in [0.717, 1.165) is 45.8 Å². The van der Waals surface area contributed by atoms with Crippen molar-refractivity contribution in [2.24, 2.45) is 7.05 Å². The van der Waals surface area contributed by atoms with Crippen molar-refractivity contribution in [1.29, 1.82) is 0 Å². The van der Waals surface area contributed by atoms with Crippen molar-refractivity contribution in [2.45, 2.75) is 19.9 Å². The Kier molecular flexibility index (Phi) is 5.55. The molecular weight excluding hydrogens is 254 g/mol. The first-order valence-corrected chi connectivity index (χ1v) is 7.37. The maximum Gasteiger partial charge on any atom is 0.223 e. The first kappa shape index (κ1) is 15.0. The fourth-order valence-corrected chi connectivity index (χ4v) is 2.49. The van der Waals surface area contributed by atoms with Gasteiger partial charge in [-0.3, -0.25) is 14.4 Å². The molecule has 112 valence electrons. The largest absolute Gasteiger partial charge is 0.340 e. The Balaban J connectivity index is 1.76. The minimum atomic E-state index is 0.274. The molecule has 2 rings (SSSR count). The zero-order valence-electron chi connectivity index (χ0n) is 12.5. The van der Waals surface area contributed by atoms with Crippen LogP contribution >= 0.6 is 0 Å². The monoisotopic (exact) mass is 279 g/mol. The summed E-state index contributed by atoms with van der Waals surface area (Å²) in [5.74, 6) is 0.274. The molecular formula is C14H25N5O. The van der Waals surface area contributed by atoms with E-state index in [1.807, 2.05) is 29.0 Å². The van der Waals surface area contributed by atoms with E-state index in [2.05, 4.69) is 22.2 Å². The predicted molar refractivity (Wildman–Crippen MR) is 78.2 cm³/mol. The highest BCUT2D eigenvalue weighted by Gasteiger charge is 2.16. The third-order valence-electron chi connectivity index (χ3n) is 3.72. The molecule has 1 aliphatic rings. The van der Waals surface area contributed by atoms with Crippen LogP contribution in [0.4, 0.5) is 0 Å². The molecule has 0 radical (unpaired) electrons. The van der Waals surface area contributed by atoms with E-state index in [0.29, 0.717) is 6.42 Å². The van der Waals surface area contributed by atoms with Crippen LogP contribution in [0.25, 0.3) is 0 Å².